The molecular weight excluding hydrogens is 336 g/mol. The molecule has 0 spiro atoms. The zero-order valence-corrected chi connectivity index (χ0v) is 14.5. The Kier molecular flexibility index (Phi) is 4.20. The summed E-state index contributed by atoms with van der Waals surface area (Å²) in [4.78, 5) is 12.2. The second-order valence-corrected chi connectivity index (χ2v) is 6.57. The van der Waals surface area contributed by atoms with E-state index in [2.05, 4.69) is 28.8 Å². The third-order valence-electron chi connectivity index (χ3n) is 4.92. The number of urea groups is 1. The Morgan fingerprint density at radius 2 is 1.56 bits per heavy atom. The predicted octanol–water partition coefficient (Wildman–Crippen LogP) is 3.92. The highest BCUT2D eigenvalue weighted by Gasteiger charge is 2.33. The standard InChI is InChI=1S/C22H16N4O/c23-12-15-3-1-14(2-4-15)11-18-9-10-19-20(25-22(27)26-21(18)19)17-7-5-16(13-24)6-8-17/h1-8,11,20H,9-10H2,(H2,25,26,27)/b18-11+. The number of benzene rings is 2. The Bertz CT molecular complexity index is 1050. The van der Waals surface area contributed by atoms with E-state index >= 15 is 0 Å². The van der Waals surface area contributed by atoms with Crippen LogP contribution in [-0.2, 0) is 0 Å². The van der Waals surface area contributed by atoms with Gasteiger partial charge in [-0.15, -0.1) is 0 Å². The van der Waals surface area contributed by atoms with Gasteiger partial charge in [0.15, 0.2) is 0 Å². The minimum Gasteiger partial charge on any atom is -0.327 e. The van der Waals surface area contributed by atoms with Crippen LogP contribution in [0.5, 0.6) is 0 Å². The van der Waals surface area contributed by atoms with Gasteiger partial charge >= 0.3 is 6.03 Å². The summed E-state index contributed by atoms with van der Waals surface area (Å²) < 4.78 is 0. The summed E-state index contributed by atoms with van der Waals surface area (Å²) in [6.07, 6.45) is 3.76. The van der Waals surface area contributed by atoms with Crippen LogP contribution in [0.3, 0.4) is 0 Å². The van der Waals surface area contributed by atoms with Crippen LogP contribution in [0.15, 0.2) is 65.4 Å². The van der Waals surface area contributed by atoms with Gasteiger partial charge in [-0.05, 0) is 65.5 Å². The van der Waals surface area contributed by atoms with E-state index in [0.29, 0.717) is 11.1 Å². The molecule has 1 atom stereocenters. The molecule has 130 valence electrons. The molecular formula is C22H16N4O. The molecule has 2 aromatic carbocycles. The van der Waals surface area contributed by atoms with Gasteiger partial charge in [-0.3, -0.25) is 0 Å². The number of allylic oxidation sites excluding steroid dienone is 1. The molecule has 1 aliphatic heterocycles. The number of rotatable bonds is 2. The maximum absolute atomic E-state index is 12.2. The van der Waals surface area contributed by atoms with Crippen LogP contribution in [-0.4, -0.2) is 6.03 Å². The van der Waals surface area contributed by atoms with Gasteiger partial charge < -0.3 is 10.6 Å². The number of nitrogens with zero attached hydrogens (tertiary/aromatic N) is 2. The fraction of sp³-hybridized carbons (Fsp3) is 0.136. The van der Waals surface area contributed by atoms with Gasteiger partial charge in [0, 0.05) is 5.70 Å². The lowest BCUT2D eigenvalue weighted by Crippen LogP contribution is -2.43. The lowest BCUT2D eigenvalue weighted by Gasteiger charge is -2.27. The van der Waals surface area contributed by atoms with Crippen LogP contribution in [0.4, 0.5) is 4.79 Å². The molecule has 0 saturated carbocycles. The number of nitrogens with one attached hydrogen (secondary N) is 2. The van der Waals surface area contributed by atoms with E-state index < -0.39 is 0 Å². The summed E-state index contributed by atoms with van der Waals surface area (Å²) in [7, 11) is 0. The van der Waals surface area contributed by atoms with Crippen molar-refractivity contribution in [3.8, 4) is 12.1 Å². The number of nitriles is 2. The Labute approximate surface area is 157 Å². The zero-order chi connectivity index (χ0) is 18.8. The van der Waals surface area contributed by atoms with Crippen molar-refractivity contribution in [3.05, 3.63) is 87.6 Å². The van der Waals surface area contributed by atoms with Crippen molar-refractivity contribution in [1.29, 1.82) is 10.5 Å². The van der Waals surface area contributed by atoms with Gasteiger partial charge in [-0.2, -0.15) is 10.5 Å². The minimum absolute atomic E-state index is 0.187. The molecule has 4 rings (SSSR count). The molecule has 2 aromatic rings. The number of hydrogen-bond donors (Lipinski definition) is 2. The van der Waals surface area contributed by atoms with Crippen molar-refractivity contribution in [2.75, 3.05) is 0 Å². The van der Waals surface area contributed by atoms with Crippen LogP contribution in [0.2, 0.25) is 0 Å². The average Bonchev–Trinajstić information content (AvgIpc) is 3.10. The highest BCUT2D eigenvalue weighted by Crippen LogP contribution is 2.40. The van der Waals surface area contributed by atoms with E-state index in [-0.39, 0.29) is 12.1 Å². The molecule has 0 fully saturated rings. The summed E-state index contributed by atoms with van der Waals surface area (Å²) >= 11 is 0. The molecule has 2 amide bonds. The lowest BCUT2D eigenvalue weighted by atomic mass is 9.95. The maximum Gasteiger partial charge on any atom is 0.319 e. The molecule has 5 heteroatoms. The van der Waals surface area contributed by atoms with Gasteiger partial charge in [0.1, 0.15) is 0 Å². The molecule has 1 heterocycles. The predicted molar refractivity (Wildman–Crippen MR) is 101 cm³/mol. The molecule has 5 nitrogen and oxygen atoms in total. The van der Waals surface area contributed by atoms with E-state index in [4.69, 9.17) is 10.5 Å². The largest absolute Gasteiger partial charge is 0.327 e. The lowest BCUT2D eigenvalue weighted by molar-refractivity contribution is 0.239. The van der Waals surface area contributed by atoms with Gasteiger partial charge in [0.05, 0.1) is 29.3 Å². The van der Waals surface area contributed by atoms with E-state index in [9.17, 15) is 4.79 Å². The van der Waals surface area contributed by atoms with Crippen molar-refractivity contribution in [1.82, 2.24) is 10.6 Å². The molecule has 0 saturated heterocycles. The van der Waals surface area contributed by atoms with Crippen LogP contribution in [0, 0.1) is 22.7 Å². The highest BCUT2D eigenvalue weighted by atomic mass is 16.2. The van der Waals surface area contributed by atoms with Crippen LogP contribution in [0.1, 0.15) is 41.1 Å². The quantitative estimate of drug-likeness (QED) is 0.858. The SMILES string of the molecule is N#Cc1ccc(/C=C2\CCC3=C2NC(=O)NC3c2ccc(C#N)cc2)cc1. The first kappa shape index (κ1) is 16.6. The maximum atomic E-state index is 12.2. The zero-order valence-electron chi connectivity index (χ0n) is 14.5. The molecule has 1 unspecified atom stereocenters. The van der Waals surface area contributed by atoms with Crippen molar-refractivity contribution >= 4 is 12.1 Å². The van der Waals surface area contributed by atoms with Crippen LogP contribution < -0.4 is 10.6 Å². The third kappa shape index (κ3) is 3.19. The Morgan fingerprint density at radius 1 is 0.926 bits per heavy atom. The molecule has 2 aliphatic rings. The number of carbonyl (C=O) groups is 1. The molecule has 1 aliphatic carbocycles. The third-order valence-corrected chi connectivity index (χ3v) is 4.92. The summed E-state index contributed by atoms with van der Waals surface area (Å²) in [5, 5.41) is 23.8. The average molecular weight is 352 g/mol. The van der Waals surface area contributed by atoms with E-state index in [1.165, 1.54) is 0 Å². The van der Waals surface area contributed by atoms with Crippen LogP contribution >= 0.6 is 0 Å². The molecule has 0 aromatic heterocycles. The fourth-order valence-electron chi connectivity index (χ4n) is 3.58. The first-order valence-electron chi connectivity index (χ1n) is 8.69. The Balaban J connectivity index is 1.69. The highest BCUT2D eigenvalue weighted by molar-refractivity contribution is 5.82. The van der Waals surface area contributed by atoms with E-state index in [0.717, 1.165) is 40.8 Å². The number of hydrogen-bond acceptors (Lipinski definition) is 3. The first-order chi connectivity index (χ1) is 13.2. The Hall–Kier alpha value is -3.83. The second-order valence-electron chi connectivity index (χ2n) is 6.57. The Morgan fingerprint density at radius 3 is 2.19 bits per heavy atom. The monoisotopic (exact) mass is 352 g/mol. The minimum atomic E-state index is -0.226. The first-order valence-corrected chi connectivity index (χ1v) is 8.69. The molecule has 2 N–H and O–H groups in total. The number of amides is 2. The van der Waals surface area contributed by atoms with Crippen molar-refractivity contribution < 1.29 is 4.79 Å². The van der Waals surface area contributed by atoms with Crippen LogP contribution in [0.25, 0.3) is 6.08 Å². The summed E-state index contributed by atoms with van der Waals surface area (Å²) in [5.74, 6) is 0. The van der Waals surface area contributed by atoms with Gasteiger partial charge in [-0.25, -0.2) is 4.79 Å². The topological polar surface area (TPSA) is 88.7 Å². The summed E-state index contributed by atoms with van der Waals surface area (Å²) in [5.41, 5.74) is 6.32. The summed E-state index contributed by atoms with van der Waals surface area (Å²) in [6, 6.07) is 18.5. The summed E-state index contributed by atoms with van der Waals surface area (Å²) in [6.45, 7) is 0. The van der Waals surface area contributed by atoms with E-state index in [1.54, 1.807) is 24.3 Å². The van der Waals surface area contributed by atoms with E-state index in [1.807, 2.05) is 24.3 Å². The molecule has 0 bridgehead atoms. The van der Waals surface area contributed by atoms with Gasteiger partial charge in [0.25, 0.3) is 0 Å². The van der Waals surface area contributed by atoms with Gasteiger partial charge in [0.2, 0.25) is 0 Å². The van der Waals surface area contributed by atoms with Crippen molar-refractivity contribution in [2.24, 2.45) is 0 Å². The smallest absolute Gasteiger partial charge is 0.319 e. The number of carbonyl (C=O) groups excluding carboxylic acids is 1. The van der Waals surface area contributed by atoms with Gasteiger partial charge in [-0.1, -0.05) is 24.3 Å². The molecule has 0 radical (unpaired) electrons. The molecule has 27 heavy (non-hydrogen) atoms. The second kappa shape index (κ2) is 6.82. The van der Waals surface area contributed by atoms with Crippen molar-refractivity contribution in [2.45, 2.75) is 18.9 Å². The normalized spacial score (nSPS) is 19.7. The fourth-order valence-corrected chi connectivity index (χ4v) is 3.58. The van der Waals surface area contributed by atoms with Crippen molar-refractivity contribution in [3.63, 3.8) is 0 Å².